The van der Waals surface area contributed by atoms with Gasteiger partial charge in [-0.05, 0) is 43.0 Å². The largest absolute Gasteiger partial charge is 0.383 e. The molecule has 0 spiro atoms. The highest BCUT2D eigenvalue weighted by molar-refractivity contribution is 5.16. The van der Waals surface area contributed by atoms with Crippen LogP contribution < -0.4 is 5.32 Å². The second-order valence-corrected chi connectivity index (χ2v) is 4.69. The van der Waals surface area contributed by atoms with Gasteiger partial charge in [0.2, 0.25) is 0 Å². The van der Waals surface area contributed by atoms with Crippen LogP contribution in [0.25, 0.3) is 0 Å². The zero-order chi connectivity index (χ0) is 13.2. The minimum Gasteiger partial charge on any atom is -0.383 e. The molecule has 102 valence electrons. The molecule has 0 saturated carbocycles. The maximum atomic E-state index is 13.1. The van der Waals surface area contributed by atoms with Gasteiger partial charge in [-0.1, -0.05) is 25.5 Å². The molecule has 0 heterocycles. The molecule has 1 unspecified atom stereocenters. The van der Waals surface area contributed by atoms with Crippen LogP contribution in [0.2, 0.25) is 0 Å². The van der Waals surface area contributed by atoms with Crippen molar-refractivity contribution in [2.45, 2.75) is 26.2 Å². The average Bonchev–Trinajstić information content (AvgIpc) is 2.35. The molecule has 0 bridgehead atoms. The number of halogens is 1. The molecule has 0 aliphatic heterocycles. The number of methoxy groups -OCH3 is 1. The standard InChI is InChI=1S/C15H24FNO/c1-3-5-14(12-17-8-9-18-2)10-13-6-4-7-15(16)11-13/h4,6-7,11,14,17H,3,5,8-10,12H2,1-2H3. The molecular formula is C15H24FNO. The molecule has 1 atom stereocenters. The van der Waals surface area contributed by atoms with E-state index in [1.54, 1.807) is 19.2 Å². The highest BCUT2D eigenvalue weighted by atomic mass is 19.1. The van der Waals surface area contributed by atoms with E-state index in [0.717, 1.165) is 44.5 Å². The van der Waals surface area contributed by atoms with Crippen LogP contribution in [0.1, 0.15) is 25.3 Å². The predicted octanol–water partition coefficient (Wildman–Crippen LogP) is 3.02. The Morgan fingerprint density at radius 3 is 2.89 bits per heavy atom. The molecule has 1 aromatic rings. The van der Waals surface area contributed by atoms with Crippen molar-refractivity contribution in [2.75, 3.05) is 26.8 Å². The van der Waals surface area contributed by atoms with E-state index < -0.39 is 0 Å². The van der Waals surface area contributed by atoms with E-state index in [-0.39, 0.29) is 5.82 Å². The van der Waals surface area contributed by atoms with Gasteiger partial charge in [-0.15, -0.1) is 0 Å². The molecule has 2 nitrogen and oxygen atoms in total. The summed E-state index contributed by atoms with van der Waals surface area (Å²) < 4.78 is 18.1. The summed E-state index contributed by atoms with van der Waals surface area (Å²) in [6.07, 6.45) is 3.26. The summed E-state index contributed by atoms with van der Waals surface area (Å²) in [5, 5.41) is 3.39. The molecule has 0 aliphatic carbocycles. The van der Waals surface area contributed by atoms with Crippen molar-refractivity contribution >= 4 is 0 Å². The highest BCUT2D eigenvalue weighted by Crippen LogP contribution is 2.14. The SMILES string of the molecule is CCCC(CNCCOC)Cc1cccc(F)c1. The zero-order valence-electron chi connectivity index (χ0n) is 11.4. The summed E-state index contributed by atoms with van der Waals surface area (Å²) in [5.41, 5.74) is 1.09. The second kappa shape index (κ2) is 9.06. The molecular weight excluding hydrogens is 229 g/mol. The zero-order valence-corrected chi connectivity index (χ0v) is 11.4. The molecule has 0 aromatic heterocycles. The van der Waals surface area contributed by atoms with Crippen LogP contribution in [0, 0.1) is 11.7 Å². The molecule has 1 N–H and O–H groups in total. The van der Waals surface area contributed by atoms with Crippen molar-refractivity contribution in [3.05, 3.63) is 35.6 Å². The maximum Gasteiger partial charge on any atom is 0.123 e. The Kier molecular flexibility index (Phi) is 7.62. The Bertz CT molecular complexity index is 330. The normalized spacial score (nSPS) is 12.6. The number of rotatable bonds is 9. The smallest absolute Gasteiger partial charge is 0.123 e. The van der Waals surface area contributed by atoms with Crippen molar-refractivity contribution < 1.29 is 9.13 Å². The van der Waals surface area contributed by atoms with E-state index in [0.29, 0.717) is 5.92 Å². The number of nitrogens with one attached hydrogen (secondary N) is 1. The van der Waals surface area contributed by atoms with Crippen LogP contribution in [-0.2, 0) is 11.2 Å². The van der Waals surface area contributed by atoms with Gasteiger partial charge >= 0.3 is 0 Å². The van der Waals surface area contributed by atoms with E-state index in [2.05, 4.69) is 12.2 Å². The summed E-state index contributed by atoms with van der Waals surface area (Å²) in [5.74, 6) is 0.420. The van der Waals surface area contributed by atoms with Gasteiger partial charge < -0.3 is 10.1 Å². The van der Waals surface area contributed by atoms with E-state index in [1.165, 1.54) is 6.07 Å². The first-order valence-corrected chi connectivity index (χ1v) is 6.70. The lowest BCUT2D eigenvalue weighted by Crippen LogP contribution is -2.27. The first-order valence-electron chi connectivity index (χ1n) is 6.70. The highest BCUT2D eigenvalue weighted by Gasteiger charge is 2.09. The average molecular weight is 253 g/mol. The molecule has 1 aromatic carbocycles. The Hall–Kier alpha value is -0.930. The van der Waals surface area contributed by atoms with Gasteiger partial charge in [-0.3, -0.25) is 0 Å². The molecule has 0 amide bonds. The van der Waals surface area contributed by atoms with Gasteiger partial charge in [-0.2, -0.15) is 0 Å². The Morgan fingerprint density at radius 1 is 1.39 bits per heavy atom. The molecule has 0 radical (unpaired) electrons. The van der Waals surface area contributed by atoms with Crippen LogP contribution in [0.15, 0.2) is 24.3 Å². The van der Waals surface area contributed by atoms with Crippen molar-refractivity contribution in [1.82, 2.24) is 5.32 Å². The van der Waals surface area contributed by atoms with Crippen LogP contribution in [0.4, 0.5) is 4.39 Å². The Balaban J connectivity index is 2.41. The minimum absolute atomic E-state index is 0.143. The number of ether oxygens (including phenoxy) is 1. The van der Waals surface area contributed by atoms with Gasteiger partial charge in [0.1, 0.15) is 5.82 Å². The van der Waals surface area contributed by atoms with E-state index in [4.69, 9.17) is 4.74 Å². The third-order valence-electron chi connectivity index (χ3n) is 3.03. The van der Waals surface area contributed by atoms with Gasteiger partial charge in [0.05, 0.1) is 6.61 Å². The fourth-order valence-electron chi connectivity index (χ4n) is 2.16. The van der Waals surface area contributed by atoms with Crippen LogP contribution in [-0.4, -0.2) is 26.8 Å². The maximum absolute atomic E-state index is 13.1. The summed E-state index contributed by atoms with van der Waals surface area (Å²) in [6, 6.07) is 6.92. The van der Waals surface area contributed by atoms with Gasteiger partial charge in [-0.25, -0.2) is 4.39 Å². The topological polar surface area (TPSA) is 21.3 Å². The van der Waals surface area contributed by atoms with Gasteiger partial charge in [0.25, 0.3) is 0 Å². The van der Waals surface area contributed by atoms with Gasteiger partial charge in [0, 0.05) is 13.7 Å². The molecule has 0 fully saturated rings. The lowest BCUT2D eigenvalue weighted by molar-refractivity contribution is 0.197. The molecule has 3 heteroatoms. The molecule has 18 heavy (non-hydrogen) atoms. The van der Waals surface area contributed by atoms with Crippen LogP contribution in [0.3, 0.4) is 0 Å². The van der Waals surface area contributed by atoms with Crippen molar-refractivity contribution in [1.29, 1.82) is 0 Å². The third-order valence-corrected chi connectivity index (χ3v) is 3.03. The Morgan fingerprint density at radius 2 is 2.22 bits per heavy atom. The number of hydrogen-bond donors (Lipinski definition) is 1. The fraction of sp³-hybridized carbons (Fsp3) is 0.600. The third kappa shape index (κ3) is 6.12. The van der Waals surface area contributed by atoms with Crippen LogP contribution in [0.5, 0.6) is 0 Å². The lowest BCUT2D eigenvalue weighted by Gasteiger charge is -2.17. The number of benzene rings is 1. The summed E-state index contributed by atoms with van der Waals surface area (Å²) in [6.45, 7) is 4.76. The summed E-state index contributed by atoms with van der Waals surface area (Å²) in [4.78, 5) is 0. The van der Waals surface area contributed by atoms with E-state index in [9.17, 15) is 4.39 Å². The fourth-order valence-corrected chi connectivity index (χ4v) is 2.16. The summed E-state index contributed by atoms with van der Waals surface area (Å²) in [7, 11) is 1.71. The first kappa shape index (κ1) is 15.1. The van der Waals surface area contributed by atoms with E-state index >= 15 is 0 Å². The minimum atomic E-state index is -0.143. The molecule has 1 rings (SSSR count). The predicted molar refractivity (Wildman–Crippen MR) is 73.2 cm³/mol. The lowest BCUT2D eigenvalue weighted by atomic mass is 9.95. The number of hydrogen-bond acceptors (Lipinski definition) is 2. The second-order valence-electron chi connectivity index (χ2n) is 4.69. The van der Waals surface area contributed by atoms with Crippen molar-refractivity contribution in [3.8, 4) is 0 Å². The van der Waals surface area contributed by atoms with E-state index in [1.807, 2.05) is 6.07 Å². The van der Waals surface area contributed by atoms with Crippen LogP contribution >= 0.6 is 0 Å². The first-order chi connectivity index (χ1) is 8.76. The van der Waals surface area contributed by atoms with Crippen molar-refractivity contribution in [2.24, 2.45) is 5.92 Å². The quantitative estimate of drug-likeness (QED) is 0.683. The summed E-state index contributed by atoms with van der Waals surface area (Å²) >= 11 is 0. The molecule has 0 aliphatic rings. The van der Waals surface area contributed by atoms with Crippen molar-refractivity contribution in [3.63, 3.8) is 0 Å². The Labute approximate surface area is 110 Å². The monoisotopic (exact) mass is 253 g/mol. The van der Waals surface area contributed by atoms with Gasteiger partial charge in [0.15, 0.2) is 0 Å². The molecule has 0 saturated heterocycles.